The number of amides is 2. The molecule has 1 heterocycles. The Morgan fingerprint density at radius 2 is 1.85 bits per heavy atom. The number of rotatable bonds is 6. The summed E-state index contributed by atoms with van der Waals surface area (Å²) in [7, 11) is 3.08. The first-order valence-corrected chi connectivity index (χ1v) is 8.56. The smallest absolute Gasteiger partial charge is 0.229 e. The van der Waals surface area contributed by atoms with E-state index >= 15 is 0 Å². The number of hydrogen-bond acceptors (Lipinski definition) is 4. The van der Waals surface area contributed by atoms with Gasteiger partial charge >= 0.3 is 0 Å². The second-order valence-electron chi connectivity index (χ2n) is 6.32. The maximum absolute atomic E-state index is 12.9. The molecule has 27 heavy (non-hydrogen) atoms. The Morgan fingerprint density at radius 1 is 1.15 bits per heavy atom. The van der Waals surface area contributed by atoms with Crippen LogP contribution in [-0.4, -0.2) is 38.6 Å². The van der Waals surface area contributed by atoms with E-state index in [2.05, 4.69) is 5.32 Å². The molecule has 1 fully saturated rings. The molecule has 142 valence electrons. The molecule has 2 aromatic carbocycles. The van der Waals surface area contributed by atoms with Gasteiger partial charge in [0.05, 0.1) is 26.7 Å². The molecule has 2 amide bonds. The summed E-state index contributed by atoms with van der Waals surface area (Å²) in [5, 5.41) is 2.87. The van der Waals surface area contributed by atoms with Crippen LogP contribution < -0.4 is 19.7 Å². The summed E-state index contributed by atoms with van der Waals surface area (Å²) in [4.78, 5) is 26.2. The Morgan fingerprint density at radius 3 is 2.52 bits per heavy atom. The maximum atomic E-state index is 12.9. The zero-order valence-corrected chi connectivity index (χ0v) is 15.2. The van der Waals surface area contributed by atoms with Gasteiger partial charge in [0.1, 0.15) is 5.82 Å². The monoisotopic (exact) mass is 372 g/mol. The van der Waals surface area contributed by atoms with Crippen molar-refractivity contribution in [3.8, 4) is 11.5 Å². The molecule has 7 heteroatoms. The van der Waals surface area contributed by atoms with Crippen molar-refractivity contribution in [2.45, 2.75) is 18.9 Å². The van der Waals surface area contributed by atoms with Crippen molar-refractivity contribution in [2.24, 2.45) is 0 Å². The van der Waals surface area contributed by atoms with Crippen LogP contribution in [0.1, 0.15) is 12.0 Å². The first kappa shape index (κ1) is 18.7. The number of anilines is 1. The molecular weight excluding hydrogens is 351 g/mol. The number of carbonyl (C=O) groups excluding carboxylic acids is 2. The van der Waals surface area contributed by atoms with Crippen LogP contribution in [0.15, 0.2) is 42.5 Å². The van der Waals surface area contributed by atoms with Crippen LogP contribution in [0.2, 0.25) is 0 Å². The molecule has 0 saturated carbocycles. The number of halogens is 1. The summed E-state index contributed by atoms with van der Waals surface area (Å²) in [6, 6.07) is 10.8. The van der Waals surface area contributed by atoms with E-state index in [4.69, 9.17) is 9.47 Å². The fraction of sp³-hybridized carbons (Fsp3) is 0.300. The van der Waals surface area contributed by atoms with Gasteiger partial charge in [-0.3, -0.25) is 9.59 Å². The van der Waals surface area contributed by atoms with Crippen LogP contribution in [0, 0.1) is 5.82 Å². The highest BCUT2D eigenvalue weighted by atomic mass is 19.1. The van der Waals surface area contributed by atoms with Crippen molar-refractivity contribution in [1.82, 2.24) is 5.32 Å². The van der Waals surface area contributed by atoms with E-state index in [1.165, 1.54) is 19.2 Å². The Hall–Kier alpha value is -3.09. The number of ether oxygens (including phenoxy) is 2. The quantitative estimate of drug-likeness (QED) is 0.845. The van der Waals surface area contributed by atoms with Gasteiger partial charge in [0.2, 0.25) is 11.8 Å². The third kappa shape index (κ3) is 4.36. The van der Waals surface area contributed by atoms with Crippen molar-refractivity contribution in [2.75, 3.05) is 25.7 Å². The average molecular weight is 372 g/mol. The summed E-state index contributed by atoms with van der Waals surface area (Å²) in [6.45, 7) is 0.378. The van der Waals surface area contributed by atoms with Crippen LogP contribution in [0.4, 0.5) is 10.1 Å². The Kier molecular flexibility index (Phi) is 5.59. The summed E-state index contributed by atoms with van der Waals surface area (Å²) >= 11 is 0. The lowest BCUT2D eigenvalue weighted by Gasteiger charge is -2.19. The average Bonchev–Trinajstić information content (AvgIpc) is 3.02. The molecule has 1 atom stereocenters. The summed E-state index contributed by atoms with van der Waals surface area (Å²) in [5.74, 6) is 0.498. The van der Waals surface area contributed by atoms with E-state index in [0.717, 1.165) is 5.56 Å². The summed E-state index contributed by atoms with van der Waals surface area (Å²) in [5.41, 5.74) is 1.41. The predicted molar refractivity (Wildman–Crippen MR) is 98.6 cm³/mol. The minimum atomic E-state index is -0.342. The summed E-state index contributed by atoms with van der Waals surface area (Å²) < 4.78 is 23.4. The minimum Gasteiger partial charge on any atom is -0.493 e. The zero-order valence-electron chi connectivity index (χ0n) is 15.2. The first-order chi connectivity index (χ1) is 13.0. The molecule has 0 aromatic heterocycles. The van der Waals surface area contributed by atoms with E-state index in [9.17, 15) is 14.0 Å². The highest BCUT2D eigenvalue weighted by molar-refractivity contribution is 5.97. The van der Waals surface area contributed by atoms with Crippen LogP contribution in [0.3, 0.4) is 0 Å². The van der Waals surface area contributed by atoms with E-state index < -0.39 is 0 Å². The number of hydrogen-bond donors (Lipinski definition) is 1. The first-order valence-electron chi connectivity index (χ1n) is 8.56. The molecule has 1 aliphatic heterocycles. The van der Waals surface area contributed by atoms with Gasteiger partial charge < -0.3 is 19.7 Å². The molecule has 0 spiro atoms. The second-order valence-corrected chi connectivity index (χ2v) is 6.32. The SMILES string of the molecule is COc1ccc(N2C[C@H](NC(=O)Cc3ccc(F)cc3)CC2=O)cc1OC. The predicted octanol–water partition coefficient (Wildman–Crippen LogP) is 2.31. The van der Waals surface area contributed by atoms with Gasteiger partial charge in [-0.25, -0.2) is 4.39 Å². The van der Waals surface area contributed by atoms with Crippen molar-refractivity contribution in [3.05, 3.63) is 53.8 Å². The molecule has 1 N–H and O–H groups in total. The third-order valence-electron chi connectivity index (χ3n) is 4.45. The van der Waals surface area contributed by atoms with Gasteiger partial charge in [-0.15, -0.1) is 0 Å². The van der Waals surface area contributed by atoms with E-state index in [1.807, 2.05) is 0 Å². The lowest BCUT2D eigenvalue weighted by Crippen LogP contribution is -2.38. The van der Waals surface area contributed by atoms with E-state index in [0.29, 0.717) is 23.7 Å². The standard InChI is InChI=1S/C20H21FN2O4/c1-26-17-8-7-16(11-18(17)27-2)23-12-15(10-20(23)25)22-19(24)9-13-3-5-14(21)6-4-13/h3-8,11,15H,9-10,12H2,1-2H3,(H,22,24)/t15-/m1/s1. The van der Waals surface area contributed by atoms with Gasteiger partial charge in [0, 0.05) is 24.7 Å². The van der Waals surface area contributed by atoms with Crippen LogP contribution in [0.5, 0.6) is 11.5 Å². The molecule has 3 rings (SSSR count). The van der Waals surface area contributed by atoms with Crippen LogP contribution >= 0.6 is 0 Å². The highest BCUT2D eigenvalue weighted by Gasteiger charge is 2.32. The molecule has 6 nitrogen and oxygen atoms in total. The van der Waals surface area contributed by atoms with E-state index in [1.54, 1.807) is 42.3 Å². The molecule has 1 aliphatic rings. The minimum absolute atomic E-state index is 0.0747. The number of nitrogens with zero attached hydrogens (tertiary/aromatic N) is 1. The fourth-order valence-corrected chi connectivity index (χ4v) is 3.11. The molecule has 0 aliphatic carbocycles. The lowest BCUT2D eigenvalue weighted by atomic mass is 10.1. The highest BCUT2D eigenvalue weighted by Crippen LogP contribution is 2.33. The molecule has 2 aromatic rings. The van der Waals surface area contributed by atoms with Gasteiger partial charge in [-0.1, -0.05) is 12.1 Å². The van der Waals surface area contributed by atoms with Crippen molar-refractivity contribution < 1.29 is 23.5 Å². The number of carbonyl (C=O) groups is 2. The number of benzene rings is 2. The largest absolute Gasteiger partial charge is 0.493 e. The van der Waals surface area contributed by atoms with Crippen molar-refractivity contribution in [3.63, 3.8) is 0 Å². The van der Waals surface area contributed by atoms with Crippen molar-refractivity contribution >= 4 is 17.5 Å². The molecule has 0 bridgehead atoms. The lowest BCUT2D eigenvalue weighted by molar-refractivity contribution is -0.121. The topological polar surface area (TPSA) is 67.9 Å². The normalized spacial score (nSPS) is 16.3. The third-order valence-corrected chi connectivity index (χ3v) is 4.45. The number of methoxy groups -OCH3 is 2. The Balaban J connectivity index is 1.63. The van der Waals surface area contributed by atoms with Crippen LogP contribution in [-0.2, 0) is 16.0 Å². The fourth-order valence-electron chi connectivity index (χ4n) is 3.11. The molecule has 0 radical (unpaired) electrons. The van der Waals surface area contributed by atoms with Gasteiger partial charge in [-0.2, -0.15) is 0 Å². The molecule has 1 saturated heterocycles. The number of nitrogens with one attached hydrogen (secondary N) is 1. The zero-order chi connectivity index (χ0) is 19.4. The van der Waals surface area contributed by atoms with Crippen molar-refractivity contribution in [1.29, 1.82) is 0 Å². The Bertz CT molecular complexity index is 838. The molecular formula is C20H21FN2O4. The van der Waals surface area contributed by atoms with Gasteiger partial charge in [-0.05, 0) is 29.8 Å². The maximum Gasteiger partial charge on any atom is 0.229 e. The Labute approximate surface area is 156 Å². The van der Waals surface area contributed by atoms with Gasteiger partial charge in [0.25, 0.3) is 0 Å². The second kappa shape index (κ2) is 8.07. The molecule has 0 unspecified atom stereocenters. The summed E-state index contributed by atoms with van der Waals surface area (Å²) in [6.07, 6.45) is 0.366. The van der Waals surface area contributed by atoms with Gasteiger partial charge in [0.15, 0.2) is 11.5 Å². The van der Waals surface area contributed by atoms with E-state index in [-0.39, 0.29) is 36.5 Å². The van der Waals surface area contributed by atoms with Crippen LogP contribution in [0.25, 0.3) is 0 Å².